The Morgan fingerprint density at radius 3 is 2.87 bits per heavy atom. The molecular weight excluding hydrogens is 293 g/mol. The van der Waals surface area contributed by atoms with Crippen molar-refractivity contribution in [2.45, 2.75) is 51.4 Å². The molecule has 2 aliphatic rings. The Kier molecular flexibility index (Phi) is 4.51. The van der Waals surface area contributed by atoms with Crippen molar-refractivity contribution < 1.29 is 9.18 Å². The molecule has 0 bridgehead atoms. The summed E-state index contributed by atoms with van der Waals surface area (Å²) in [6.07, 6.45) is 3.60. The van der Waals surface area contributed by atoms with Crippen molar-refractivity contribution in [1.29, 1.82) is 5.26 Å². The molecule has 0 saturated heterocycles. The number of carbonyl (C=O) groups excluding carboxylic acids is 1. The van der Waals surface area contributed by atoms with Crippen LogP contribution in [0.15, 0.2) is 18.2 Å². The van der Waals surface area contributed by atoms with E-state index in [9.17, 15) is 9.18 Å². The number of anilines is 1. The number of halogens is 1. The lowest BCUT2D eigenvalue weighted by Crippen LogP contribution is -2.54. The summed E-state index contributed by atoms with van der Waals surface area (Å²) in [7, 11) is 0. The van der Waals surface area contributed by atoms with Gasteiger partial charge in [0.2, 0.25) is 5.91 Å². The number of nitrogens with zero attached hydrogens (tertiary/aromatic N) is 2. The summed E-state index contributed by atoms with van der Waals surface area (Å²) in [5.41, 5.74) is 2.59. The number of carbonyl (C=O) groups is 1. The molecule has 1 aromatic carbocycles. The maximum Gasteiger partial charge on any atom is 0.246 e. The second-order valence-corrected chi connectivity index (χ2v) is 6.61. The molecule has 1 fully saturated rings. The van der Waals surface area contributed by atoms with Crippen molar-refractivity contribution in [1.82, 2.24) is 4.90 Å². The van der Waals surface area contributed by atoms with Gasteiger partial charge in [-0.25, -0.2) is 4.39 Å². The van der Waals surface area contributed by atoms with Crippen LogP contribution >= 0.6 is 0 Å². The predicted molar refractivity (Wildman–Crippen MR) is 86.5 cm³/mol. The summed E-state index contributed by atoms with van der Waals surface area (Å²) < 4.78 is 12.8. The molecule has 0 aromatic heterocycles. The fourth-order valence-electron chi connectivity index (χ4n) is 3.55. The largest absolute Gasteiger partial charge is 0.373 e. The zero-order valence-corrected chi connectivity index (χ0v) is 13.4. The van der Waals surface area contributed by atoms with Crippen LogP contribution in [0.3, 0.4) is 0 Å². The zero-order chi connectivity index (χ0) is 16.4. The average molecular weight is 315 g/mol. The van der Waals surface area contributed by atoms with Crippen LogP contribution in [0.4, 0.5) is 10.1 Å². The van der Waals surface area contributed by atoms with Crippen LogP contribution in [-0.2, 0) is 17.9 Å². The average Bonchev–Trinajstić information content (AvgIpc) is 2.58. The molecule has 1 aliphatic carbocycles. The standard InChI is InChI=1S/C18H22FN3O/c1-12-2-7-17(12)22(9-8-20)18(23)15-6-5-14-4-3-13(11-19)10-16(14)21-15/h3-4,10,12,15,17,21H,2,5-7,9,11H2,1H3. The molecule has 1 aromatic rings. The number of alkyl halides is 1. The normalized spacial score (nSPS) is 25.5. The number of hydrogen-bond donors (Lipinski definition) is 1. The van der Waals surface area contributed by atoms with Crippen molar-refractivity contribution in [3.8, 4) is 6.07 Å². The van der Waals surface area contributed by atoms with Gasteiger partial charge in [-0.1, -0.05) is 19.1 Å². The highest BCUT2D eigenvalue weighted by Crippen LogP contribution is 2.33. The van der Waals surface area contributed by atoms with Crippen molar-refractivity contribution in [3.05, 3.63) is 29.3 Å². The number of nitrogens with one attached hydrogen (secondary N) is 1. The second kappa shape index (κ2) is 6.57. The minimum absolute atomic E-state index is 0.000554. The molecule has 1 N–H and O–H groups in total. The van der Waals surface area contributed by atoms with Crippen molar-refractivity contribution in [2.75, 3.05) is 11.9 Å². The molecule has 5 heteroatoms. The molecule has 122 valence electrons. The van der Waals surface area contributed by atoms with E-state index in [0.717, 1.165) is 30.5 Å². The van der Waals surface area contributed by atoms with E-state index in [2.05, 4.69) is 18.3 Å². The highest BCUT2D eigenvalue weighted by atomic mass is 19.1. The SMILES string of the molecule is CC1CCC1N(CC#N)C(=O)C1CCc2ccc(CF)cc2N1. The van der Waals surface area contributed by atoms with Crippen LogP contribution in [0.1, 0.15) is 37.3 Å². The van der Waals surface area contributed by atoms with Crippen molar-refractivity contribution in [3.63, 3.8) is 0 Å². The summed E-state index contributed by atoms with van der Waals surface area (Å²) in [6.45, 7) is 1.76. The van der Waals surface area contributed by atoms with Gasteiger partial charge < -0.3 is 10.2 Å². The lowest BCUT2D eigenvalue weighted by atomic mass is 9.79. The molecule has 1 saturated carbocycles. The van der Waals surface area contributed by atoms with E-state index in [4.69, 9.17) is 5.26 Å². The van der Waals surface area contributed by atoms with Crippen LogP contribution < -0.4 is 5.32 Å². The third kappa shape index (κ3) is 3.03. The van der Waals surface area contributed by atoms with Crippen LogP contribution in [-0.4, -0.2) is 29.4 Å². The molecule has 1 aliphatic heterocycles. The fraction of sp³-hybridized carbons (Fsp3) is 0.556. The second-order valence-electron chi connectivity index (χ2n) is 6.61. The first-order valence-corrected chi connectivity index (χ1v) is 8.25. The lowest BCUT2D eigenvalue weighted by Gasteiger charge is -2.43. The molecule has 3 atom stereocenters. The third-order valence-electron chi connectivity index (χ3n) is 5.16. The van der Waals surface area contributed by atoms with E-state index in [1.165, 1.54) is 0 Å². The maximum atomic E-state index is 12.9. The molecule has 1 amide bonds. The van der Waals surface area contributed by atoms with Crippen LogP contribution in [0.25, 0.3) is 0 Å². The number of nitriles is 1. The van der Waals surface area contributed by atoms with Gasteiger partial charge in [0.25, 0.3) is 0 Å². The molecule has 0 radical (unpaired) electrons. The fourth-order valence-corrected chi connectivity index (χ4v) is 3.55. The van der Waals surface area contributed by atoms with E-state index in [1.807, 2.05) is 6.07 Å². The van der Waals surface area contributed by atoms with E-state index in [0.29, 0.717) is 17.9 Å². The summed E-state index contributed by atoms with van der Waals surface area (Å²) >= 11 is 0. The first-order chi connectivity index (χ1) is 11.1. The van der Waals surface area contributed by atoms with Crippen LogP contribution in [0.2, 0.25) is 0 Å². The van der Waals surface area contributed by atoms with Crippen molar-refractivity contribution in [2.24, 2.45) is 5.92 Å². The van der Waals surface area contributed by atoms with Gasteiger partial charge in [0.1, 0.15) is 19.3 Å². The Labute approximate surface area is 136 Å². The number of amides is 1. The molecule has 23 heavy (non-hydrogen) atoms. The molecule has 0 spiro atoms. The van der Waals surface area contributed by atoms with E-state index in [1.54, 1.807) is 17.0 Å². The third-order valence-corrected chi connectivity index (χ3v) is 5.16. The van der Waals surface area contributed by atoms with Gasteiger partial charge in [0, 0.05) is 11.7 Å². The minimum atomic E-state index is -0.506. The van der Waals surface area contributed by atoms with Gasteiger partial charge in [0.15, 0.2) is 0 Å². The van der Waals surface area contributed by atoms with Crippen molar-refractivity contribution >= 4 is 11.6 Å². The van der Waals surface area contributed by atoms with Gasteiger partial charge >= 0.3 is 0 Å². The van der Waals surface area contributed by atoms with Gasteiger partial charge in [-0.05, 0) is 48.8 Å². The van der Waals surface area contributed by atoms with Crippen LogP contribution in [0.5, 0.6) is 0 Å². The Morgan fingerprint density at radius 1 is 1.43 bits per heavy atom. The first-order valence-electron chi connectivity index (χ1n) is 8.25. The predicted octanol–water partition coefficient (Wildman–Crippen LogP) is 3.03. The summed E-state index contributed by atoms with van der Waals surface area (Å²) in [4.78, 5) is 14.6. The summed E-state index contributed by atoms with van der Waals surface area (Å²) in [6, 6.07) is 7.49. The van der Waals surface area contributed by atoms with E-state index < -0.39 is 6.67 Å². The smallest absolute Gasteiger partial charge is 0.246 e. The Balaban J connectivity index is 1.75. The topological polar surface area (TPSA) is 56.1 Å². The number of aryl methyl sites for hydroxylation is 1. The Bertz CT molecular complexity index is 640. The summed E-state index contributed by atoms with van der Waals surface area (Å²) in [5, 5.41) is 12.3. The Morgan fingerprint density at radius 2 is 2.26 bits per heavy atom. The number of hydrogen-bond acceptors (Lipinski definition) is 3. The van der Waals surface area contributed by atoms with Gasteiger partial charge in [-0.15, -0.1) is 0 Å². The molecule has 3 rings (SSSR count). The van der Waals surface area contributed by atoms with Gasteiger partial charge in [-0.3, -0.25) is 4.79 Å². The highest BCUT2D eigenvalue weighted by Gasteiger charge is 2.38. The quantitative estimate of drug-likeness (QED) is 0.869. The van der Waals surface area contributed by atoms with E-state index >= 15 is 0 Å². The van der Waals surface area contributed by atoms with Gasteiger partial charge in [-0.2, -0.15) is 5.26 Å². The minimum Gasteiger partial charge on any atom is -0.373 e. The van der Waals surface area contributed by atoms with Gasteiger partial charge in [0.05, 0.1) is 6.07 Å². The van der Waals surface area contributed by atoms with Crippen LogP contribution in [0, 0.1) is 17.2 Å². The molecule has 3 unspecified atom stereocenters. The maximum absolute atomic E-state index is 12.9. The first kappa shape index (κ1) is 15.8. The summed E-state index contributed by atoms with van der Waals surface area (Å²) in [5.74, 6) is 0.459. The van der Waals surface area contributed by atoms with E-state index in [-0.39, 0.29) is 24.5 Å². The highest BCUT2D eigenvalue weighted by molar-refractivity contribution is 5.86. The number of fused-ring (bicyclic) bond motifs is 1. The zero-order valence-electron chi connectivity index (χ0n) is 13.4. The Hall–Kier alpha value is -2.09. The lowest BCUT2D eigenvalue weighted by molar-refractivity contribution is -0.137. The number of rotatable bonds is 4. The molecule has 1 heterocycles. The number of benzene rings is 1. The monoisotopic (exact) mass is 315 g/mol. The molecular formula is C18H22FN3O. The molecule has 4 nitrogen and oxygen atoms in total.